The normalized spacial score (nSPS) is 14.1. The van der Waals surface area contributed by atoms with Gasteiger partial charge in [0, 0.05) is 37.1 Å². The number of nitrogens with one attached hydrogen (secondary N) is 1. The van der Waals surface area contributed by atoms with Crippen molar-refractivity contribution >= 4 is 28.5 Å². The molecule has 7 nitrogen and oxygen atoms in total. The van der Waals surface area contributed by atoms with Crippen LogP contribution in [0.2, 0.25) is 0 Å². The number of fused-ring (bicyclic) bond motifs is 1. The summed E-state index contributed by atoms with van der Waals surface area (Å²) in [5.41, 5.74) is 3.93. The molecule has 4 rings (SSSR count). The van der Waals surface area contributed by atoms with Crippen LogP contribution < -0.4 is 10.2 Å². The van der Waals surface area contributed by atoms with E-state index < -0.39 is 0 Å². The Morgan fingerprint density at radius 3 is 2.71 bits per heavy atom. The van der Waals surface area contributed by atoms with Gasteiger partial charge in [0.05, 0.1) is 17.5 Å². The lowest BCUT2D eigenvalue weighted by molar-refractivity contribution is -0.117. The Morgan fingerprint density at radius 1 is 1.25 bits per heavy atom. The highest BCUT2D eigenvalue weighted by molar-refractivity contribution is 5.98. The molecule has 0 aliphatic carbocycles. The lowest BCUT2D eigenvalue weighted by atomic mass is 10.1. The molecule has 1 saturated heterocycles. The van der Waals surface area contributed by atoms with Gasteiger partial charge in [0.2, 0.25) is 5.91 Å². The second-order valence-corrected chi connectivity index (χ2v) is 6.99. The Bertz CT molecular complexity index is 1040. The molecule has 28 heavy (non-hydrogen) atoms. The minimum Gasteiger partial charge on any atom is -0.348 e. The molecule has 0 spiro atoms. The van der Waals surface area contributed by atoms with Crippen LogP contribution in [0.4, 0.5) is 5.69 Å². The van der Waals surface area contributed by atoms with E-state index in [0.29, 0.717) is 24.2 Å². The van der Waals surface area contributed by atoms with E-state index >= 15 is 0 Å². The summed E-state index contributed by atoms with van der Waals surface area (Å²) < 4.78 is 1.82. The van der Waals surface area contributed by atoms with Crippen molar-refractivity contribution in [2.75, 3.05) is 11.4 Å². The lowest BCUT2D eigenvalue weighted by Crippen LogP contribution is -2.25. The number of carbonyl (C=O) groups excluding carboxylic acids is 2. The summed E-state index contributed by atoms with van der Waals surface area (Å²) in [6.45, 7) is 5.77. The Kier molecular flexibility index (Phi) is 4.81. The van der Waals surface area contributed by atoms with Crippen molar-refractivity contribution in [3.63, 3.8) is 0 Å². The van der Waals surface area contributed by atoms with Gasteiger partial charge in [-0.25, -0.2) is 9.67 Å². The van der Waals surface area contributed by atoms with Gasteiger partial charge in [-0.2, -0.15) is 5.10 Å². The molecule has 0 unspecified atom stereocenters. The summed E-state index contributed by atoms with van der Waals surface area (Å²) in [4.78, 5) is 30.8. The van der Waals surface area contributed by atoms with Crippen molar-refractivity contribution < 1.29 is 9.59 Å². The van der Waals surface area contributed by atoms with Crippen LogP contribution in [0.15, 0.2) is 36.5 Å². The second kappa shape index (κ2) is 7.42. The van der Waals surface area contributed by atoms with Crippen LogP contribution in [0, 0.1) is 6.92 Å². The van der Waals surface area contributed by atoms with Crippen LogP contribution in [0.3, 0.4) is 0 Å². The summed E-state index contributed by atoms with van der Waals surface area (Å²) in [7, 11) is 0. The van der Waals surface area contributed by atoms with Gasteiger partial charge in [0.1, 0.15) is 0 Å². The monoisotopic (exact) mass is 377 g/mol. The lowest BCUT2D eigenvalue weighted by Gasteiger charge is -2.16. The van der Waals surface area contributed by atoms with Gasteiger partial charge in [-0.1, -0.05) is 12.1 Å². The third-order valence-electron chi connectivity index (χ3n) is 5.12. The highest BCUT2D eigenvalue weighted by Gasteiger charge is 2.21. The van der Waals surface area contributed by atoms with Crippen LogP contribution in [0.1, 0.15) is 41.4 Å². The zero-order valence-corrected chi connectivity index (χ0v) is 16.1. The Hall–Kier alpha value is -3.22. The fraction of sp³-hybridized carbons (Fsp3) is 0.333. The predicted octanol–water partition coefficient (Wildman–Crippen LogP) is 2.82. The molecule has 1 aliphatic rings. The Morgan fingerprint density at radius 2 is 2.04 bits per heavy atom. The smallest absolute Gasteiger partial charge is 0.253 e. The third-order valence-corrected chi connectivity index (χ3v) is 5.12. The number of nitrogens with zero attached hydrogens (tertiary/aromatic N) is 4. The zero-order valence-electron chi connectivity index (χ0n) is 16.1. The molecule has 2 aromatic heterocycles. The summed E-state index contributed by atoms with van der Waals surface area (Å²) in [5, 5.41) is 8.10. The molecule has 1 fully saturated rings. The second-order valence-electron chi connectivity index (χ2n) is 6.99. The number of aromatic nitrogens is 3. The van der Waals surface area contributed by atoms with E-state index in [1.807, 2.05) is 53.8 Å². The molecule has 0 atom stereocenters. The van der Waals surface area contributed by atoms with E-state index in [1.54, 1.807) is 6.20 Å². The Labute approximate surface area is 163 Å². The number of pyridine rings is 1. The van der Waals surface area contributed by atoms with Gasteiger partial charge < -0.3 is 10.2 Å². The molecule has 3 aromatic rings. The first kappa shape index (κ1) is 18.2. The van der Waals surface area contributed by atoms with E-state index in [9.17, 15) is 9.59 Å². The highest BCUT2D eigenvalue weighted by Crippen LogP contribution is 2.22. The molecular formula is C21H23N5O2. The molecule has 1 aromatic carbocycles. The van der Waals surface area contributed by atoms with Crippen molar-refractivity contribution in [3.8, 4) is 0 Å². The van der Waals surface area contributed by atoms with Crippen LogP contribution in [-0.4, -0.2) is 33.1 Å². The summed E-state index contributed by atoms with van der Waals surface area (Å²) >= 11 is 0. The molecule has 7 heteroatoms. The number of hydrogen-bond acceptors (Lipinski definition) is 4. The van der Waals surface area contributed by atoms with Gasteiger partial charge >= 0.3 is 0 Å². The fourth-order valence-corrected chi connectivity index (χ4v) is 3.55. The highest BCUT2D eigenvalue weighted by atomic mass is 16.2. The fourth-order valence-electron chi connectivity index (χ4n) is 3.55. The average Bonchev–Trinajstić information content (AvgIpc) is 3.31. The largest absolute Gasteiger partial charge is 0.348 e. The van der Waals surface area contributed by atoms with Gasteiger partial charge in [0.15, 0.2) is 5.65 Å². The van der Waals surface area contributed by atoms with Gasteiger partial charge in [0.25, 0.3) is 5.91 Å². The number of aryl methyl sites for hydroxylation is 2. The van der Waals surface area contributed by atoms with Gasteiger partial charge in [-0.3, -0.25) is 9.59 Å². The van der Waals surface area contributed by atoms with Gasteiger partial charge in [-0.05, 0) is 44.0 Å². The molecule has 2 amide bonds. The maximum atomic E-state index is 12.6. The average molecular weight is 377 g/mol. The molecule has 144 valence electrons. The van der Waals surface area contributed by atoms with E-state index in [-0.39, 0.29) is 11.8 Å². The van der Waals surface area contributed by atoms with Crippen LogP contribution in [0.5, 0.6) is 0 Å². The van der Waals surface area contributed by atoms with Crippen LogP contribution in [0.25, 0.3) is 11.0 Å². The first-order valence-corrected chi connectivity index (χ1v) is 9.57. The summed E-state index contributed by atoms with van der Waals surface area (Å²) in [6.07, 6.45) is 3.26. The molecule has 3 heterocycles. The molecular weight excluding hydrogens is 354 g/mol. The first-order chi connectivity index (χ1) is 13.6. The topological polar surface area (TPSA) is 80.1 Å². The zero-order chi connectivity index (χ0) is 19.7. The number of amides is 2. The van der Waals surface area contributed by atoms with E-state index in [1.165, 1.54) is 0 Å². The molecule has 0 bridgehead atoms. The summed E-state index contributed by atoms with van der Waals surface area (Å²) in [6, 6.07) is 9.60. The quantitative estimate of drug-likeness (QED) is 0.741. The van der Waals surface area contributed by atoms with Crippen molar-refractivity contribution in [2.24, 2.45) is 0 Å². The van der Waals surface area contributed by atoms with Crippen LogP contribution >= 0.6 is 0 Å². The standard InChI is InChI=1S/C21H23N5O2/c1-3-26-20-16(13-23-26)11-18(14(2)24-20)21(28)22-12-15-6-8-17(9-7-15)25-10-4-5-19(25)27/h6-9,11,13H,3-5,10,12H2,1-2H3,(H,22,28). The third kappa shape index (κ3) is 3.35. The van der Waals surface area contributed by atoms with E-state index in [0.717, 1.165) is 41.8 Å². The van der Waals surface area contributed by atoms with E-state index in [4.69, 9.17) is 0 Å². The number of anilines is 1. The number of carbonyl (C=O) groups is 2. The molecule has 0 radical (unpaired) electrons. The van der Waals surface area contributed by atoms with Crippen molar-refractivity contribution in [3.05, 3.63) is 53.3 Å². The number of hydrogen-bond donors (Lipinski definition) is 1. The molecule has 1 N–H and O–H groups in total. The number of benzene rings is 1. The molecule has 0 saturated carbocycles. The minimum absolute atomic E-state index is 0.157. The van der Waals surface area contributed by atoms with Crippen molar-refractivity contribution in [1.82, 2.24) is 20.1 Å². The SMILES string of the molecule is CCn1ncc2cc(C(=O)NCc3ccc(N4CCCC4=O)cc3)c(C)nc21. The van der Waals surface area contributed by atoms with Gasteiger partial charge in [-0.15, -0.1) is 0 Å². The predicted molar refractivity (Wildman–Crippen MR) is 107 cm³/mol. The van der Waals surface area contributed by atoms with Crippen molar-refractivity contribution in [1.29, 1.82) is 0 Å². The van der Waals surface area contributed by atoms with E-state index in [2.05, 4.69) is 15.4 Å². The van der Waals surface area contributed by atoms with Crippen molar-refractivity contribution in [2.45, 2.75) is 39.8 Å². The number of rotatable bonds is 5. The molecule has 1 aliphatic heterocycles. The minimum atomic E-state index is -0.157. The van der Waals surface area contributed by atoms with Crippen LogP contribution in [-0.2, 0) is 17.9 Å². The maximum Gasteiger partial charge on any atom is 0.253 e. The Balaban J connectivity index is 1.45. The maximum absolute atomic E-state index is 12.6. The first-order valence-electron chi connectivity index (χ1n) is 9.57. The summed E-state index contributed by atoms with van der Waals surface area (Å²) in [5.74, 6) is 0.0146.